The van der Waals surface area contributed by atoms with Crippen LogP contribution >= 0.6 is 0 Å². The van der Waals surface area contributed by atoms with Crippen molar-refractivity contribution in [3.8, 4) is 23.2 Å². The van der Waals surface area contributed by atoms with E-state index in [0.717, 1.165) is 22.6 Å². The summed E-state index contributed by atoms with van der Waals surface area (Å²) >= 11 is 0. The van der Waals surface area contributed by atoms with Crippen LogP contribution in [-0.2, 0) is 9.53 Å². The van der Waals surface area contributed by atoms with E-state index in [2.05, 4.69) is 16.5 Å². The largest absolute Gasteiger partial charge is 0.493 e. The maximum absolute atomic E-state index is 12.7. The molecular formula is C26H23N5O4. The number of carbonyl (C=O) groups is 2. The predicted octanol–water partition coefficient (Wildman–Crippen LogP) is 3.96. The van der Waals surface area contributed by atoms with Gasteiger partial charge in [-0.2, -0.15) is 10.4 Å². The van der Waals surface area contributed by atoms with E-state index in [1.54, 1.807) is 10.8 Å². The fourth-order valence-electron chi connectivity index (χ4n) is 3.69. The zero-order chi connectivity index (χ0) is 24.9. The Kier molecular flexibility index (Phi) is 6.64. The van der Waals surface area contributed by atoms with E-state index in [-0.39, 0.29) is 11.4 Å². The number of methoxy groups -OCH3 is 1. The fourth-order valence-corrected chi connectivity index (χ4v) is 3.69. The molecule has 0 aliphatic carbocycles. The molecule has 4 rings (SSSR count). The van der Waals surface area contributed by atoms with Gasteiger partial charge in [0.05, 0.1) is 24.6 Å². The van der Waals surface area contributed by atoms with Crippen molar-refractivity contribution in [3.63, 3.8) is 0 Å². The number of esters is 1. The van der Waals surface area contributed by atoms with E-state index < -0.39 is 18.5 Å². The van der Waals surface area contributed by atoms with Crippen molar-refractivity contribution in [2.45, 2.75) is 13.8 Å². The first kappa shape index (κ1) is 23.3. The Balaban J connectivity index is 1.52. The number of para-hydroxylation sites is 2. The minimum atomic E-state index is -0.807. The summed E-state index contributed by atoms with van der Waals surface area (Å²) in [6, 6.07) is 20.7. The Morgan fingerprint density at radius 1 is 1.03 bits per heavy atom. The minimum absolute atomic E-state index is 0.0544. The number of anilines is 1. The summed E-state index contributed by atoms with van der Waals surface area (Å²) in [5.41, 5.74) is 3.38. The Morgan fingerprint density at radius 3 is 2.26 bits per heavy atom. The second-order valence-electron chi connectivity index (χ2n) is 7.67. The lowest BCUT2D eigenvalue weighted by Gasteiger charge is -2.13. The van der Waals surface area contributed by atoms with Crippen molar-refractivity contribution < 1.29 is 19.1 Å². The monoisotopic (exact) mass is 469 g/mol. The summed E-state index contributed by atoms with van der Waals surface area (Å²) in [7, 11) is 1.42. The van der Waals surface area contributed by atoms with Crippen LogP contribution in [0.5, 0.6) is 5.75 Å². The number of aromatic nitrogens is 3. The molecule has 0 radical (unpaired) electrons. The number of carbonyl (C=O) groups excluding carboxylic acids is 2. The van der Waals surface area contributed by atoms with E-state index in [1.165, 1.54) is 11.8 Å². The number of rotatable bonds is 7. The minimum Gasteiger partial charge on any atom is -0.493 e. The van der Waals surface area contributed by atoms with Gasteiger partial charge in [-0.1, -0.05) is 36.4 Å². The van der Waals surface area contributed by atoms with Crippen LogP contribution in [0.1, 0.15) is 27.3 Å². The maximum atomic E-state index is 12.7. The number of ether oxygens (including phenoxy) is 2. The number of hydrogen-bond acceptors (Lipinski definition) is 6. The van der Waals surface area contributed by atoms with Gasteiger partial charge < -0.3 is 14.8 Å². The van der Waals surface area contributed by atoms with Gasteiger partial charge in [0.2, 0.25) is 5.69 Å². The van der Waals surface area contributed by atoms with Crippen molar-refractivity contribution >= 4 is 17.7 Å². The zero-order valence-electron chi connectivity index (χ0n) is 19.5. The molecule has 4 aromatic rings. The number of hydrogen-bond donors (Lipinski definition) is 1. The van der Waals surface area contributed by atoms with Crippen LogP contribution in [-0.4, -0.2) is 39.9 Å². The number of nitrogens with zero attached hydrogens (tertiary/aromatic N) is 4. The molecule has 0 atom stereocenters. The smallest absolute Gasteiger partial charge is 0.363 e. The molecule has 0 unspecified atom stereocenters. The van der Waals surface area contributed by atoms with Gasteiger partial charge in [0, 0.05) is 11.4 Å². The summed E-state index contributed by atoms with van der Waals surface area (Å²) < 4.78 is 13.8. The van der Waals surface area contributed by atoms with Crippen molar-refractivity contribution in [2.24, 2.45) is 0 Å². The lowest BCUT2D eigenvalue weighted by molar-refractivity contribution is -0.119. The third kappa shape index (κ3) is 4.63. The first-order valence-corrected chi connectivity index (χ1v) is 10.8. The number of benzene rings is 2. The highest BCUT2D eigenvalue weighted by Crippen LogP contribution is 2.30. The molecule has 2 aromatic carbocycles. The van der Waals surface area contributed by atoms with Gasteiger partial charge in [0.1, 0.15) is 11.9 Å². The summed E-state index contributed by atoms with van der Waals surface area (Å²) in [6.45, 7) is 3.12. The molecule has 0 aliphatic heterocycles. The summed E-state index contributed by atoms with van der Waals surface area (Å²) in [4.78, 5) is 25.4. The predicted molar refractivity (Wildman–Crippen MR) is 129 cm³/mol. The molecular weight excluding hydrogens is 446 g/mol. The molecule has 2 heterocycles. The second-order valence-corrected chi connectivity index (χ2v) is 7.67. The van der Waals surface area contributed by atoms with E-state index in [9.17, 15) is 14.9 Å². The van der Waals surface area contributed by atoms with Crippen LogP contribution in [0, 0.1) is 25.2 Å². The van der Waals surface area contributed by atoms with Crippen molar-refractivity contribution in [3.05, 3.63) is 89.4 Å². The van der Waals surface area contributed by atoms with Crippen molar-refractivity contribution in [1.29, 1.82) is 5.26 Å². The van der Waals surface area contributed by atoms with Gasteiger partial charge in [0.25, 0.3) is 5.91 Å². The van der Waals surface area contributed by atoms with E-state index in [4.69, 9.17) is 9.47 Å². The lowest BCUT2D eigenvalue weighted by Crippen LogP contribution is -2.23. The Hall–Kier alpha value is -4.84. The van der Waals surface area contributed by atoms with Crippen molar-refractivity contribution in [2.75, 3.05) is 19.0 Å². The first-order chi connectivity index (χ1) is 16.9. The van der Waals surface area contributed by atoms with Crippen LogP contribution in [0.3, 0.4) is 0 Å². The molecule has 9 heteroatoms. The van der Waals surface area contributed by atoms with Crippen LogP contribution in [0.15, 0.2) is 66.9 Å². The van der Waals surface area contributed by atoms with Gasteiger partial charge in [-0.05, 0) is 43.7 Å². The highest BCUT2D eigenvalue weighted by Gasteiger charge is 2.23. The Labute approximate surface area is 202 Å². The molecule has 0 saturated carbocycles. The van der Waals surface area contributed by atoms with E-state index in [1.807, 2.05) is 74.5 Å². The third-order valence-corrected chi connectivity index (χ3v) is 5.55. The number of nitrogens with one attached hydrogen (secondary N) is 1. The maximum Gasteiger partial charge on any atom is 0.363 e. The molecule has 0 spiro atoms. The average Bonchev–Trinajstić information content (AvgIpc) is 3.42. The van der Waals surface area contributed by atoms with Gasteiger partial charge >= 0.3 is 5.97 Å². The third-order valence-electron chi connectivity index (χ3n) is 5.55. The summed E-state index contributed by atoms with van der Waals surface area (Å²) in [5.74, 6) is -0.861. The SMILES string of the molecule is COc1cn(-c2ccccc2)nc1C(=O)OCC(=O)Nc1c(C#N)c(C)c(C)n1-c1ccccc1. The lowest BCUT2D eigenvalue weighted by atomic mass is 10.2. The van der Waals surface area contributed by atoms with Crippen LogP contribution in [0.4, 0.5) is 5.82 Å². The summed E-state index contributed by atoms with van der Waals surface area (Å²) in [6.07, 6.45) is 1.56. The molecule has 2 aromatic heterocycles. The second kappa shape index (κ2) is 9.97. The van der Waals surface area contributed by atoms with Gasteiger partial charge in [-0.25, -0.2) is 9.48 Å². The van der Waals surface area contributed by atoms with Crippen LogP contribution in [0.2, 0.25) is 0 Å². The molecule has 0 saturated heterocycles. The standard InChI is InChI=1S/C26H23N5O4/c1-17-18(2)31(20-12-8-5-9-13-20)25(21(17)14-27)28-23(32)16-35-26(33)24-22(34-3)15-30(29-24)19-10-6-4-7-11-19/h4-13,15H,16H2,1-3H3,(H,28,32). The fraction of sp³-hybridized carbons (Fsp3) is 0.154. The Morgan fingerprint density at radius 2 is 1.66 bits per heavy atom. The molecule has 0 fully saturated rings. The topological polar surface area (TPSA) is 111 Å². The number of nitriles is 1. The normalized spacial score (nSPS) is 10.5. The molecule has 0 aliphatic rings. The Bertz CT molecular complexity index is 1420. The molecule has 9 nitrogen and oxygen atoms in total. The molecule has 1 amide bonds. The van der Waals surface area contributed by atoms with Gasteiger partial charge in [-0.15, -0.1) is 0 Å². The van der Waals surface area contributed by atoms with Crippen molar-refractivity contribution in [1.82, 2.24) is 14.3 Å². The first-order valence-electron chi connectivity index (χ1n) is 10.8. The molecule has 1 N–H and O–H groups in total. The van der Waals surface area contributed by atoms with Gasteiger partial charge in [0.15, 0.2) is 12.4 Å². The number of amides is 1. The van der Waals surface area contributed by atoms with Gasteiger partial charge in [-0.3, -0.25) is 9.36 Å². The summed E-state index contributed by atoms with van der Waals surface area (Å²) in [5, 5.41) is 16.7. The highest BCUT2D eigenvalue weighted by atomic mass is 16.5. The average molecular weight is 470 g/mol. The highest BCUT2D eigenvalue weighted by molar-refractivity contribution is 5.96. The zero-order valence-corrected chi connectivity index (χ0v) is 19.5. The molecule has 0 bridgehead atoms. The molecule has 176 valence electrons. The van der Waals surface area contributed by atoms with E-state index in [0.29, 0.717) is 11.4 Å². The quantitative estimate of drug-likeness (QED) is 0.410. The van der Waals surface area contributed by atoms with Crippen LogP contribution < -0.4 is 10.1 Å². The molecule has 35 heavy (non-hydrogen) atoms. The van der Waals surface area contributed by atoms with E-state index >= 15 is 0 Å². The van der Waals surface area contributed by atoms with Crippen LogP contribution in [0.25, 0.3) is 11.4 Å².